The van der Waals surface area contributed by atoms with Gasteiger partial charge in [-0.2, -0.15) is 0 Å². The number of ether oxygens (including phenoxy) is 2. The lowest BCUT2D eigenvalue weighted by molar-refractivity contribution is -0.286. The van der Waals surface area contributed by atoms with E-state index in [4.69, 9.17) is 9.47 Å². The second-order valence-corrected chi connectivity index (χ2v) is 7.93. The molecule has 4 rings (SSSR count). The zero-order chi connectivity index (χ0) is 20.6. The molecule has 29 heavy (non-hydrogen) atoms. The van der Waals surface area contributed by atoms with E-state index >= 15 is 0 Å². The third-order valence-electron chi connectivity index (χ3n) is 6.14. The zero-order valence-corrected chi connectivity index (χ0v) is 16.5. The molecule has 0 aromatic heterocycles. The maximum Gasteiger partial charge on any atom is 0.129 e. The molecule has 1 spiro atoms. The van der Waals surface area contributed by atoms with Gasteiger partial charge in [0.1, 0.15) is 35.8 Å². The second-order valence-electron chi connectivity index (χ2n) is 7.93. The first kappa shape index (κ1) is 20.3. The van der Waals surface area contributed by atoms with Crippen molar-refractivity contribution in [3.63, 3.8) is 0 Å². The van der Waals surface area contributed by atoms with Gasteiger partial charge in [-0.25, -0.2) is 0 Å². The van der Waals surface area contributed by atoms with E-state index in [1.807, 2.05) is 18.2 Å². The molecule has 2 aliphatic heterocycles. The van der Waals surface area contributed by atoms with Crippen LogP contribution in [0, 0.1) is 0 Å². The Hall–Kier alpha value is -1.96. The normalized spacial score (nSPS) is 31.3. The second kappa shape index (κ2) is 8.05. The van der Waals surface area contributed by atoms with E-state index in [0.717, 1.165) is 12.0 Å². The lowest BCUT2D eigenvalue weighted by Gasteiger charge is -2.50. The van der Waals surface area contributed by atoms with E-state index in [2.05, 4.69) is 31.2 Å². The Kier molecular flexibility index (Phi) is 5.64. The van der Waals surface area contributed by atoms with E-state index < -0.39 is 36.6 Å². The van der Waals surface area contributed by atoms with Crippen molar-refractivity contribution >= 4 is 0 Å². The Morgan fingerprint density at radius 1 is 0.966 bits per heavy atom. The minimum absolute atomic E-state index is 0.308. The van der Waals surface area contributed by atoms with Crippen LogP contribution >= 0.6 is 0 Å². The summed E-state index contributed by atoms with van der Waals surface area (Å²) in [7, 11) is 0. The van der Waals surface area contributed by atoms with Crippen LogP contribution in [0.2, 0.25) is 0 Å². The van der Waals surface area contributed by atoms with E-state index in [9.17, 15) is 20.4 Å². The third-order valence-corrected chi connectivity index (χ3v) is 6.14. The van der Waals surface area contributed by atoms with Gasteiger partial charge in [0, 0.05) is 12.0 Å². The molecule has 1 fully saturated rings. The summed E-state index contributed by atoms with van der Waals surface area (Å²) < 4.78 is 11.8. The number of aryl methyl sites for hydroxylation is 1. The van der Waals surface area contributed by atoms with Gasteiger partial charge in [0.25, 0.3) is 0 Å². The quantitative estimate of drug-likeness (QED) is 0.617. The first-order chi connectivity index (χ1) is 14.0. The molecule has 0 radical (unpaired) electrons. The molecule has 4 N–H and O–H groups in total. The molecule has 1 unspecified atom stereocenters. The molecule has 2 aromatic carbocycles. The molecule has 1 saturated heterocycles. The Bertz CT molecular complexity index is 849. The van der Waals surface area contributed by atoms with Gasteiger partial charge >= 0.3 is 0 Å². The molecular formula is C23H28O6. The van der Waals surface area contributed by atoms with E-state index in [-0.39, 0.29) is 0 Å². The number of aliphatic hydroxyl groups is 4. The molecule has 0 bridgehead atoms. The molecule has 2 heterocycles. The van der Waals surface area contributed by atoms with Crippen LogP contribution in [0.5, 0.6) is 5.75 Å². The fraction of sp³-hybridized carbons (Fsp3) is 0.478. The predicted octanol–water partition coefficient (Wildman–Crippen LogP) is 1.29. The predicted molar refractivity (Wildman–Crippen MR) is 107 cm³/mol. The van der Waals surface area contributed by atoms with Crippen molar-refractivity contribution in [3.8, 4) is 5.75 Å². The van der Waals surface area contributed by atoms with Crippen LogP contribution in [-0.4, -0.2) is 58.1 Å². The molecule has 2 aromatic rings. The third kappa shape index (κ3) is 3.56. The highest BCUT2D eigenvalue weighted by atomic mass is 16.6. The molecule has 156 valence electrons. The summed E-state index contributed by atoms with van der Waals surface area (Å²) in [6.07, 6.45) is -3.07. The van der Waals surface area contributed by atoms with Crippen LogP contribution in [0.25, 0.3) is 0 Å². The highest BCUT2D eigenvalue weighted by Crippen LogP contribution is 2.47. The number of rotatable bonds is 4. The Balaban J connectivity index is 1.69. The summed E-state index contributed by atoms with van der Waals surface area (Å²) in [6.45, 7) is 1.98. The van der Waals surface area contributed by atoms with Gasteiger partial charge in [0.15, 0.2) is 0 Å². The van der Waals surface area contributed by atoms with Crippen molar-refractivity contribution in [1.82, 2.24) is 0 Å². The summed E-state index contributed by atoms with van der Waals surface area (Å²) in [5.41, 5.74) is 2.88. The monoisotopic (exact) mass is 400 g/mol. The lowest BCUT2D eigenvalue weighted by atomic mass is 9.76. The van der Waals surface area contributed by atoms with Gasteiger partial charge in [0.05, 0.1) is 13.2 Å². The smallest absolute Gasteiger partial charge is 0.129 e. The Labute approximate surface area is 170 Å². The van der Waals surface area contributed by atoms with E-state index in [0.29, 0.717) is 30.8 Å². The first-order valence-corrected chi connectivity index (χ1v) is 10.2. The van der Waals surface area contributed by atoms with E-state index in [1.54, 1.807) is 0 Å². The number of benzene rings is 2. The molecule has 6 nitrogen and oxygen atoms in total. The van der Waals surface area contributed by atoms with Gasteiger partial charge < -0.3 is 29.9 Å². The van der Waals surface area contributed by atoms with Crippen molar-refractivity contribution < 1.29 is 29.9 Å². The largest absolute Gasteiger partial charge is 0.493 e. The van der Waals surface area contributed by atoms with Crippen LogP contribution in [0.15, 0.2) is 42.5 Å². The van der Waals surface area contributed by atoms with Crippen molar-refractivity contribution in [1.29, 1.82) is 0 Å². The Morgan fingerprint density at radius 3 is 2.34 bits per heavy atom. The van der Waals surface area contributed by atoms with Gasteiger partial charge in [0.2, 0.25) is 0 Å². The molecule has 0 saturated carbocycles. The average molecular weight is 400 g/mol. The summed E-state index contributed by atoms with van der Waals surface area (Å²) in [5, 5.41) is 41.0. The van der Waals surface area contributed by atoms with Gasteiger partial charge in [-0.15, -0.1) is 0 Å². The maximum atomic E-state index is 10.8. The van der Waals surface area contributed by atoms with E-state index in [1.165, 1.54) is 11.1 Å². The maximum absolute atomic E-state index is 10.8. The van der Waals surface area contributed by atoms with Crippen LogP contribution in [-0.2, 0) is 23.2 Å². The van der Waals surface area contributed by atoms with Crippen LogP contribution < -0.4 is 4.74 Å². The Morgan fingerprint density at radius 2 is 1.66 bits per heavy atom. The average Bonchev–Trinajstić information content (AvgIpc) is 2.76. The molecule has 6 heteroatoms. The minimum Gasteiger partial charge on any atom is -0.493 e. The van der Waals surface area contributed by atoms with Crippen LogP contribution in [0.4, 0.5) is 0 Å². The van der Waals surface area contributed by atoms with Crippen molar-refractivity contribution in [2.45, 2.75) is 56.2 Å². The van der Waals surface area contributed by atoms with Gasteiger partial charge in [-0.1, -0.05) is 37.3 Å². The van der Waals surface area contributed by atoms with Crippen LogP contribution in [0.3, 0.4) is 0 Å². The minimum atomic E-state index is -1.42. The molecule has 5 atom stereocenters. The van der Waals surface area contributed by atoms with Crippen molar-refractivity contribution in [2.24, 2.45) is 0 Å². The fourth-order valence-electron chi connectivity index (χ4n) is 4.39. The molecule has 2 aliphatic rings. The summed E-state index contributed by atoms with van der Waals surface area (Å²) in [6, 6.07) is 14.2. The number of fused-ring (bicyclic) bond motifs is 2. The fourth-order valence-corrected chi connectivity index (χ4v) is 4.39. The summed E-state index contributed by atoms with van der Waals surface area (Å²) in [5.74, 6) is 0.584. The van der Waals surface area contributed by atoms with Crippen LogP contribution in [0.1, 0.15) is 35.6 Å². The lowest BCUT2D eigenvalue weighted by Crippen LogP contribution is -2.64. The standard InChI is InChI=1S/C23H28O6/c1-2-14-3-5-15(6-4-14)11-16-7-8-18-17(12-16)23(9-10-28-18)22(27)21(26)20(25)19(13-24)29-23/h3-8,12,19-22,24-27H,2,9-11,13H2,1H3/t19-,20-,21+,22-,23?/m1/s1. The SMILES string of the molecule is CCc1ccc(Cc2ccc3c(c2)C2(CCO3)O[C@H](CO)[C@@H](O)[C@H](O)[C@H]2O)cc1. The number of hydrogen-bond donors (Lipinski definition) is 4. The van der Waals surface area contributed by atoms with Gasteiger partial charge in [-0.3, -0.25) is 0 Å². The molecule has 0 aliphatic carbocycles. The zero-order valence-electron chi connectivity index (χ0n) is 16.5. The van der Waals surface area contributed by atoms with Crippen molar-refractivity contribution in [2.75, 3.05) is 13.2 Å². The first-order valence-electron chi connectivity index (χ1n) is 10.2. The molecular weight excluding hydrogens is 372 g/mol. The van der Waals surface area contributed by atoms with Gasteiger partial charge in [-0.05, 0) is 41.7 Å². The highest BCUT2D eigenvalue weighted by Gasteiger charge is 2.56. The summed E-state index contributed by atoms with van der Waals surface area (Å²) in [4.78, 5) is 0. The summed E-state index contributed by atoms with van der Waals surface area (Å²) >= 11 is 0. The highest BCUT2D eigenvalue weighted by molar-refractivity contribution is 5.45. The number of aliphatic hydroxyl groups excluding tert-OH is 4. The number of hydrogen-bond acceptors (Lipinski definition) is 6. The topological polar surface area (TPSA) is 99.4 Å². The van der Waals surface area contributed by atoms with Crippen molar-refractivity contribution in [3.05, 3.63) is 64.7 Å². The molecule has 0 amide bonds.